The standard InChI is InChI=1S/C12H13N3O4/c1-14-9-3-2-7(4-10(9)19-11(14)16)15-6-8(5-13)18-12(15)17/h2-4,8H,5-6,13H2,1H3. The molecule has 100 valence electrons. The van der Waals surface area contributed by atoms with Gasteiger partial charge in [0.2, 0.25) is 0 Å². The maximum absolute atomic E-state index is 11.7. The smallest absolute Gasteiger partial charge is 0.419 e. The number of benzene rings is 1. The van der Waals surface area contributed by atoms with Crippen LogP contribution in [0.2, 0.25) is 0 Å². The number of hydrogen-bond donors (Lipinski definition) is 1. The molecule has 1 unspecified atom stereocenters. The number of fused-ring (bicyclic) bond motifs is 1. The Balaban J connectivity index is 2.02. The maximum atomic E-state index is 11.7. The van der Waals surface area contributed by atoms with E-state index in [1.165, 1.54) is 9.47 Å². The molecule has 2 heterocycles. The van der Waals surface area contributed by atoms with Crippen LogP contribution in [0.1, 0.15) is 0 Å². The van der Waals surface area contributed by atoms with Crippen LogP contribution in [0.15, 0.2) is 27.4 Å². The van der Waals surface area contributed by atoms with Crippen LogP contribution >= 0.6 is 0 Å². The van der Waals surface area contributed by atoms with Crippen LogP contribution in [0.3, 0.4) is 0 Å². The second-order valence-corrected chi connectivity index (χ2v) is 4.43. The van der Waals surface area contributed by atoms with Gasteiger partial charge in [-0.05, 0) is 12.1 Å². The molecule has 1 fully saturated rings. The van der Waals surface area contributed by atoms with E-state index < -0.39 is 11.8 Å². The van der Waals surface area contributed by atoms with Gasteiger partial charge in [-0.1, -0.05) is 0 Å². The Kier molecular flexibility index (Phi) is 2.56. The van der Waals surface area contributed by atoms with E-state index in [9.17, 15) is 9.59 Å². The number of nitrogens with zero attached hydrogens (tertiary/aromatic N) is 2. The van der Waals surface area contributed by atoms with E-state index in [1.807, 2.05) is 0 Å². The van der Waals surface area contributed by atoms with Crippen molar-refractivity contribution >= 4 is 22.9 Å². The number of carbonyl (C=O) groups excluding carboxylic acids is 1. The lowest BCUT2D eigenvalue weighted by Crippen LogP contribution is -2.27. The summed E-state index contributed by atoms with van der Waals surface area (Å²) >= 11 is 0. The Morgan fingerprint density at radius 1 is 1.42 bits per heavy atom. The van der Waals surface area contributed by atoms with E-state index >= 15 is 0 Å². The Bertz CT molecular complexity index is 703. The fourth-order valence-electron chi connectivity index (χ4n) is 2.15. The summed E-state index contributed by atoms with van der Waals surface area (Å²) in [7, 11) is 1.63. The number of rotatable bonds is 2. The highest BCUT2D eigenvalue weighted by molar-refractivity contribution is 5.92. The van der Waals surface area contributed by atoms with Crippen molar-refractivity contribution in [2.45, 2.75) is 6.10 Å². The minimum atomic E-state index is -0.437. The number of amides is 1. The predicted molar refractivity (Wildman–Crippen MR) is 68.1 cm³/mol. The fourth-order valence-corrected chi connectivity index (χ4v) is 2.15. The van der Waals surface area contributed by atoms with E-state index in [0.29, 0.717) is 23.3 Å². The summed E-state index contributed by atoms with van der Waals surface area (Å²) in [4.78, 5) is 24.6. The number of anilines is 1. The summed E-state index contributed by atoms with van der Waals surface area (Å²) in [6, 6.07) is 5.13. The number of ether oxygens (including phenoxy) is 1. The molecular weight excluding hydrogens is 250 g/mol. The quantitative estimate of drug-likeness (QED) is 0.847. The van der Waals surface area contributed by atoms with Gasteiger partial charge in [-0.3, -0.25) is 9.47 Å². The van der Waals surface area contributed by atoms with Crippen LogP contribution in [0.4, 0.5) is 10.5 Å². The van der Waals surface area contributed by atoms with Crippen molar-refractivity contribution in [1.29, 1.82) is 0 Å². The molecule has 7 nitrogen and oxygen atoms in total. The molecule has 1 aliphatic rings. The van der Waals surface area contributed by atoms with Crippen molar-refractivity contribution in [3.8, 4) is 0 Å². The van der Waals surface area contributed by atoms with E-state index in [-0.39, 0.29) is 12.6 Å². The largest absolute Gasteiger partial charge is 0.443 e. The first kappa shape index (κ1) is 11.8. The van der Waals surface area contributed by atoms with Crippen molar-refractivity contribution in [3.63, 3.8) is 0 Å². The Morgan fingerprint density at radius 3 is 2.89 bits per heavy atom. The van der Waals surface area contributed by atoms with Gasteiger partial charge in [-0.15, -0.1) is 0 Å². The third-order valence-corrected chi connectivity index (χ3v) is 3.22. The third-order valence-electron chi connectivity index (χ3n) is 3.22. The van der Waals surface area contributed by atoms with Gasteiger partial charge in [0.15, 0.2) is 5.58 Å². The second kappa shape index (κ2) is 4.13. The van der Waals surface area contributed by atoms with E-state index in [2.05, 4.69) is 0 Å². The number of carbonyl (C=O) groups is 1. The molecule has 1 aromatic carbocycles. The fraction of sp³-hybridized carbons (Fsp3) is 0.333. The Hall–Kier alpha value is -2.28. The molecule has 19 heavy (non-hydrogen) atoms. The number of aromatic nitrogens is 1. The first-order chi connectivity index (χ1) is 9.10. The van der Waals surface area contributed by atoms with Gasteiger partial charge in [-0.25, -0.2) is 9.59 Å². The van der Waals surface area contributed by atoms with E-state index in [4.69, 9.17) is 14.9 Å². The molecule has 1 atom stereocenters. The van der Waals surface area contributed by atoms with Gasteiger partial charge in [0, 0.05) is 19.7 Å². The van der Waals surface area contributed by atoms with E-state index in [1.54, 1.807) is 25.2 Å². The lowest BCUT2D eigenvalue weighted by atomic mass is 10.2. The van der Waals surface area contributed by atoms with Crippen molar-refractivity contribution < 1.29 is 13.9 Å². The third kappa shape index (κ3) is 1.78. The molecule has 0 bridgehead atoms. The first-order valence-corrected chi connectivity index (χ1v) is 5.88. The summed E-state index contributed by atoms with van der Waals surface area (Å²) in [5, 5.41) is 0. The van der Waals surface area contributed by atoms with Gasteiger partial charge < -0.3 is 14.9 Å². The molecule has 7 heteroatoms. The number of hydrogen-bond acceptors (Lipinski definition) is 5. The van der Waals surface area contributed by atoms with Crippen LogP contribution in [0.25, 0.3) is 11.1 Å². The van der Waals surface area contributed by atoms with Gasteiger partial charge in [0.05, 0.1) is 17.7 Å². The lowest BCUT2D eigenvalue weighted by Gasteiger charge is -2.12. The van der Waals surface area contributed by atoms with Crippen LogP contribution in [0.5, 0.6) is 0 Å². The summed E-state index contributed by atoms with van der Waals surface area (Å²) in [5.74, 6) is -0.434. The normalized spacial score (nSPS) is 19.2. The zero-order valence-corrected chi connectivity index (χ0v) is 10.3. The molecule has 2 N–H and O–H groups in total. The summed E-state index contributed by atoms with van der Waals surface area (Å²) in [6.07, 6.45) is -0.737. The molecule has 0 spiro atoms. The van der Waals surface area contributed by atoms with Crippen molar-refractivity contribution in [3.05, 3.63) is 28.7 Å². The van der Waals surface area contributed by atoms with Crippen LogP contribution < -0.4 is 16.4 Å². The second-order valence-electron chi connectivity index (χ2n) is 4.43. The molecule has 0 saturated carbocycles. The van der Waals surface area contributed by atoms with Crippen molar-refractivity contribution in [2.75, 3.05) is 18.0 Å². The molecule has 2 aromatic rings. The highest BCUT2D eigenvalue weighted by Gasteiger charge is 2.31. The molecule has 1 aliphatic heterocycles. The monoisotopic (exact) mass is 263 g/mol. The number of aryl methyl sites for hydroxylation is 1. The zero-order chi connectivity index (χ0) is 13.6. The average Bonchev–Trinajstić information content (AvgIpc) is 2.91. The minimum Gasteiger partial charge on any atom is -0.443 e. The van der Waals surface area contributed by atoms with E-state index in [0.717, 1.165) is 0 Å². The molecule has 1 amide bonds. The Labute approximate surface area is 108 Å². The SMILES string of the molecule is Cn1c(=O)oc2cc(N3CC(CN)OC3=O)ccc21. The molecular formula is C12H13N3O4. The number of oxazole rings is 1. The average molecular weight is 263 g/mol. The molecule has 1 saturated heterocycles. The summed E-state index contributed by atoms with van der Waals surface area (Å²) in [6.45, 7) is 0.683. The Morgan fingerprint density at radius 2 is 2.21 bits per heavy atom. The van der Waals surface area contributed by atoms with Crippen molar-refractivity contribution in [1.82, 2.24) is 4.57 Å². The predicted octanol–water partition coefficient (Wildman–Crippen LogP) is 0.415. The topological polar surface area (TPSA) is 90.7 Å². The molecule has 0 radical (unpaired) electrons. The van der Waals surface area contributed by atoms with Gasteiger partial charge in [0.1, 0.15) is 6.10 Å². The highest BCUT2D eigenvalue weighted by atomic mass is 16.6. The lowest BCUT2D eigenvalue weighted by molar-refractivity contribution is 0.145. The zero-order valence-electron chi connectivity index (χ0n) is 10.3. The number of nitrogens with two attached hydrogens (primary N) is 1. The maximum Gasteiger partial charge on any atom is 0.419 e. The summed E-state index contributed by atoms with van der Waals surface area (Å²) in [5.41, 5.74) is 7.23. The van der Waals surface area contributed by atoms with Gasteiger partial charge in [-0.2, -0.15) is 0 Å². The van der Waals surface area contributed by atoms with Gasteiger partial charge >= 0.3 is 11.8 Å². The minimum absolute atomic E-state index is 0.283. The van der Waals surface area contributed by atoms with Gasteiger partial charge in [0.25, 0.3) is 0 Å². The van der Waals surface area contributed by atoms with Crippen molar-refractivity contribution in [2.24, 2.45) is 12.8 Å². The van der Waals surface area contributed by atoms with Crippen LogP contribution in [0, 0.1) is 0 Å². The molecule has 0 aliphatic carbocycles. The van der Waals surface area contributed by atoms with Crippen LogP contribution in [-0.4, -0.2) is 29.9 Å². The molecule has 3 rings (SSSR count). The highest BCUT2D eigenvalue weighted by Crippen LogP contribution is 2.25. The summed E-state index contributed by atoms with van der Waals surface area (Å²) < 4.78 is 11.6. The first-order valence-electron chi connectivity index (χ1n) is 5.88. The molecule has 1 aromatic heterocycles. The number of cyclic esters (lactones) is 1. The van der Waals surface area contributed by atoms with Crippen LogP contribution in [-0.2, 0) is 11.8 Å².